The Bertz CT molecular complexity index is 754. The van der Waals surface area contributed by atoms with Gasteiger partial charge in [0.15, 0.2) is 0 Å². The van der Waals surface area contributed by atoms with Crippen LogP contribution in [0.4, 0.5) is 0 Å². The van der Waals surface area contributed by atoms with Crippen molar-refractivity contribution >= 4 is 17.9 Å². The molecule has 7 nitrogen and oxygen atoms in total. The largest absolute Gasteiger partial charge is 0.478 e. The van der Waals surface area contributed by atoms with E-state index in [1.165, 1.54) is 13.0 Å². The van der Waals surface area contributed by atoms with Gasteiger partial charge in [-0.1, -0.05) is 25.5 Å². The summed E-state index contributed by atoms with van der Waals surface area (Å²) >= 11 is 0. The van der Waals surface area contributed by atoms with Crippen molar-refractivity contribution in [2.45, 2.75) is 59.9 Å². The SMILES string of the molecule is CC(C)=CC(=O)O[C@H](C1=C(C)C(=O)O[C@@H]1O)[C@@]1(C)C(C(=O)O)=CCC[C@@H]1C. The van der Waals surface area contributed by atoms with Crippen LogP contribution >= 0.6 is 0 Å². The van der Waals surface area contributed by atoms with Gasteiger partial charge in [0.25, 0.3) is 0 Å². The van der Waals surface area contributed by atoms with Crippen molar-refractivity contribution < 1.29 is 34.1 Å². The molecule has 1 heterocycles. The van der Waals surface area contributed by atoms with Gasteiger partial charge < -0.3 is 19.7 Å². The van der Waals surface area contributed by atoms with E-state index in [1.807, 2.05) is 6.92 Å². The average Bonchev–Trinajstić information content (AvgIpc) is 2.79. The number of hydrogen-bond acceptors (Lipinski definition) is 6. The second-order valence-electron chi connectivity index (χ2n) is 7.56. The number of carboxylic acids is 1. The molecule has 0 aromatic rings. The Labute approximate surface area is 158 Å². The Morgan fingerprint density at radius 3 is 2.52 bits per heavy atom. The number of aliphatic hydroxyl groups is 1. The third kappa shape index (κ3) is 3.83. The van der Waals surface area contributed by atoms with Crippen LogP contribution in [0.3, 0.4) is 0 Å². The molecule has 0 radical (unpaired) electrons. The minimum absolute atomic E-state index is 0.0962. The summed E-state index contributed by atoms with van der Waals surface area (Å²) in [6.07, 6.45) is 1.44. The van der Waals surface area contributed by atoms with Crippen LogP contribution < -0.4 is 0 Å². The van der Waals surface area contributed by atoms with Crippen LogP contribution in [-0.4, -0.2) is 40.5 Å². The van der Waals surface area contributed by atoms with Crippen LogP contribution in [0.5, 0.6) is 0 Å². The first kappa shape index (κ1) is 20.9. The maximum Gasteiger partial charge on any atom is 0.336 e. The van der Waals surface area contributed by atoms with E-state index < -0.39 is 35.7 Å². The average molecular weight is 378 g/mol. The van der Waals surface area contributed by atoms with E-state index in [0.717, 1.165) is 0 Å². The molecule has 2 aliphatic rings. The van der Waals surface area contributed by atoms with Crippen LogP contribution in [0, 0.1) is 11.3 Å². The first-order chi connectivity index (χ1) is 12.5. The molecule has 0 bridgehead atoms. The van der Waals surface area contributed by atoms with E-state index in [-0.39, 0.29) is 22.6 Å². The first-order valence-corrected chi connectivity index (χ1v) is 8.89. The van der Waals surface area contributed by atoms with Crippen LogP contribution in [-0.2, 0) is 23.9 Å². The quantitative estimate of drug-likeness (QED) is 0.558. The summed E-state index contributed by atoms with van der Waals surface area (Å²) in [7, 11) is 0. The maximum atomic E-state index is 12.4. The number of rotatable bonds is 5. The normalized spacial score (nSPS) is 29.0. The Kier molecular flexibility index (Phi) is 5.94. The number of allylic oxidation sites excluding steroid dienone is 2. The van der Waals surface area contributed by atoms with Crippen LogP contribution in [0.15, 0.2) is 34.4 Å². The number of carboxylic acid groups (broad SMARTS) is 1. The van der Waals surface area contributed by atoms with Gasteiger partial charge in [0.1, 0.15) is 6.10 Å². The molecule has 0 fully saturated rings. The Morgan fingerprint density at radius 2 is 2.04 bits per heavy atom. The fourth-order valence-electron chi connectivity index (χ4n) is 3.76. The van der Waals surface area contributed by atoms with Crippen molar-refractivity contribution in [2.24, 2.45) is 11.3 Å². The summed E-state index contributed by atoms with van der Waals surface area (Å²) in [6, 6.07) is 0. The van der Waals surface area contributed by atoms with E-state index in [2.05, 4.69) is 0 Å². The Morgan fingerprint density at radius 1 is 1.41 bits per heavy atom. The zero-order chi connectivity index (χ0) is 20.5. The summed E-state index contributed by atoms with van der Waals surface area (Å²) in [5, 5.41) is 20.0. The highest BCUT2D eigenvalue weighted by molar-refractivity contribution is 5.93. The monoisotopic (exact) mass is 378 g/mol. The molecule has 7 heteroatoms. The minimum Gasteiger partial charge on any atom is -0.478 e. The summed E-state index contributed by atoms with van der Waals surface area (Å²) in [5.74, 6) is -2.68. The number of hydrogen-bond donors (Lipinski definition) is 2. The van der Waals surface area contributed by atoms with Gasteiger partial charge in [0, 0.05) is 28.2 Å². The molecule has 4 atom stereocenters. The van der Waals surface area contributed by atoms with Gasteiger partial charge >= 0.3 is 17.9 Å². The van der Waals surface area contributed by atoms with Gasteiger partial charge in [-0.25, -0.2) is 14.4 Å². The van der Waals surface area contributed by atoms with E-state index in [4.69, 9.17) is 9.47 Å². The maximum absolute atomic E-state index is 12.4. The van der Waals surface area contributed by atoms with Gasteiger partial charge in [-0.3, -0.25) is 0 Å². The molecule has 0 saturated heterocycles. The third-order valence-electron chi connectivity index (χ3n) is 5.47. The smallest absolute Gasteiger partial charge is 0.336 e. The highest BCUT2D eigenvalue weighted by Crippen LogP contribution is 2.50. The molecule has 0 amide bonds. The number of cyclic esters (lactones) is 1. The number of aliphatic carboxylic acids is 1. The molecule has 0 spiro atoms. The van der Waals surface area contributed by atoms with Gasteiger partial charge in [0.2, 0.25) is 6.29 Å². The van der Waals surface area contributed by atoms with Gasteiger partial charge in [-0.15, -0.1) is 0 Å². The number of aliphatic hydroxyl groups excluding tert-OH is 1. The lowest BCUT2D eigenvalue weighted by Crippen LogP contribution is -2.48. The molecule has 27 heavy (non-hydrogen) atoms. The molecular weight excluding hydrogens is 352 g/mol. The molecule has 0 saturated carbocycles. The predicted molar refractivity (Wildman–Crippen MR) is 96.3 cm³/mol. The van der Waals surface area contributed by atoms with E-state index in [9.17, 15) is 24.6 Å². The van der Waals surface area contributed by atoms with Crippen molar-refractivity contribution in [1.82, 2.24) is 0 Å². The summed E-state index contributed by atoms with van der Waals surface area (Å²) in [6.45, 7) is 8.48. The molecule has 2 N–H and O–H groups in total. The Balaban J connectivity index is 2.64. The van der Waals surface area contributed by atoms with Crippen molar-refractivity contribution in [2.75, 3.05) is 0 Å². The lowest BCUT2D eigenvalue weighted by atomic mass is 9.62. The van der Waals surface area contributed by atoms with Gasteiger partial charge in [-0.05, 0) is 39.5 Å². The molecule has 0 aromatic heterocycles. The molecule has 2 rings (SSSR count). The number of esters is 2. The van der Waals surface area contributed by atoms with Crippen molar-refractivity contribution in [1.29, 1.82) is 0 Å². The Hall–Kier alpha value is -2.41. The van der Waals surface area contributed by atoms with E-state index in [1.54, 1.807) is 26.8 Å². The van der Waals surface area contributed by atoms with Crippen LogP contribution in [0.2, 0.25) is 0 Å². The molecular formula is C20H26O7. The van der Waals surface area contributed by atoms with Crippen molar-refractivity contribution in [3.05, 3.63) is 34.4 Å². The van der Waals surface area contributed by atoms with Gasteiger partial charge in [0.05, 0.1) is 0 Å². The highest BCUT2D eigenvalue weighted by atomic mass is 16.6. The summed E-state index contributed by atoms with van der Waals surface area (Å²) < 4.78 is 10.5. The van der Waals surface area contributed by atoms with Crippen LogP contribution in [0.25, 0.3) is 0 Å². The topological polar surface area (TPSA) is 110 Å². The fourth-order valence-corrected chi connectivity index (χ4v) is 3.76. The number of ether oxygens (including phenoxy) is 2. The predicted octanol–water partition coefficient (Wildman–Crippen LogP) is 2.50. The first-order valence-electron chi connectivity index (χ1n) is 8.89. The highest BCUT2D eigenvalue weighted by Gasteiger charge is 2.53. The second-order valence-corrected chi connectivity index (χ2v) is 7.56. The van der Waals surface area contributed by atoms with Crippen molar-refractivity contribution in [3.8, 4) is 0 Å². The van der Waals surface area contributed by atoms with Crippen LogP contribution in [0.1, 0.15) is 47.5 Å². The molecule has 148 valence electrons. The third-order valence-corrected chi connectivity index (χ3v) is 5.47. The molecule has 1 aliphatic carbocycles. The molecule has 1 aliphatic heterocycles. The van der Waals surface area contributed by atoms with E-state index >= 15 is 0 Å². The van der Waals surface area contributed by atoms with Gasteiger partial charge in [-0.2, -0.15) is 0 Å². The zero-order valence-electron chi connectivity index (χ0n) is 16.2. The number of carbonyl (C=O) groups is 3. The molecule has 0 unspecified atom stereocenters. The lowest BCUT2D eigenvalue weighted by molar-refractivity contribution is -0.158. The minimum atomic E-state index is -1.58. The zero-order valence-corrected chi connectivity index (χ0v) is 16.2. The summed E-state index contributed by atoms with van der Waals surface area (Å²) in [5.41, 5.74) is -0.108. The van der Waals surface area contributed by atoms with Crippen molar-refractivity contribution in [3.63, 3.8) is 0 Å². The van der Waals surface area contributed by atoms with E-state index in [0.29, 0.717) is 18.4 Å². The summed E-state index contributed by atoms with van der Waals surface area (Å²) in [4.78, 5) is 36.2. The standard InChI is InChI=1S/C20H26O7/c1-10(2)9-14(21)26-16(15-12(4)18(24)27-19(15)25)20(5)11(3)7-6-8-13(20)17(22)23/h8-9,11,16,19,25H,6-7H2,1-5H3,(H,22,23)/t11-,16+,19-,20+/m0/s1. The fraction of sp³-hybridized carbons (Fsp3) is 0.550. The molecule has 0 aromatic carbocycles. The second kappa shape index (κ2) is 7.68. The lowest BCUT2D eigenvalue weighted by Gasteiger charge is -2.45. The number of carbonyl (C=O) groups excluding carboxylic acids is 2.